The van der Waals surface area contributed by atoms with Crippen molar-refractivity contribution in [1.29, 1.82) is 0 Å². The molecule has 0 unspecified atom stereocenters. The van der Waals surface area contributed by atoms with E-state index in [2.05, 4.69) is 45.8 Å². The second kappa shape index (κ2) is 7.92. The lowest BCUT2D eigenvalue weighted by Crippen LogP contribution is -2.49. The molecule has 0 aromatic carbocycles. The van der Waals surface area contributed by atoms with E-state index in [0.29, 0.717) is 23.5 Å². The van der Waals surface area contributed by atoms with Gasteiger partial charge in [0.1, 0.15) is 5.39 Å². The minimum atomic E-state index is -0.0985. The van der Waals surface area contributed by atoms with Crippen molar-refractivity contribution in [2.45, 2.75) is 32.7 Å². The summed E-state index contributed by atoms with van der Waals surface area (Å²) in [4.78, 5) is 33.9. The molecule has 0 aliphatic carbocycles. The first-order chi connectivity index (χ1) is 14.6. The van der Waals surface area contributed by atoms with Gasteiger partial charge in [-0.15, -0.1) is 0 Å². The van der Waals surface area contributed by atoms with E-state index in [0.717, 1.165) is 38.4 Å². The van der Waals surface area contributed by atoms with E-state index in [4.69, 9.17) is 0 Å². The number of aryl methyl sites for hydroxylation is 1. The number of hydrogen-bond acceptors (Lipinski definition) is 7. The lowest BCUT2D eigenvalue weighted by molar-refractivity contribution is 0.240. The van der Waals surface area contributed by atoms with Gasteiger partial charge >= 0.3 is 0 Å². The molecular formula is C21H30N8O2. The maximum atomic E-state index is 12.7. The van der Waals surface area contributed by atoms with Crippen molar-refractivity contribution in [3.63, 3.8) is 0 Å². The van der Waals surface area contributed by atoms with E-state index in [1.54, 1.807) is 40.3 Å². The van der Waals surface area contributed by atoms with Crippen LogP contribution in [-0.4, -0.2) is 66.7 Å². The number of hydrogen-bond donors (Lipinski definition) is 0. The maximum Gasteiger partial charge on any atom is 0.266 e. The summed E-state index contributed by atoms with van der Waals surface area (Å²) in [5.41, 5.74) is 1.13. The third-order valence-electron chi connectivity index (χ3n) is 5.77. The molecule has 31 heavy (non-hydrogen) atoms. The summed E-state index contributed by atoms with van der Waals surface area (Å²) in [6.07, 6.45) is 1.71. The molecule has 0 N–H and O–H groups in total. The molecule has 10 nitrogen and oxygen atoms in total. The third-order valence-corrected chi connectivity index (χ3v) is 5.77. The van der Waals surface area contributed by atoms with Gasteiger partial charge in [0.2, 0.25) is 5.95 Å². The standard InChI is InChI=1S/C21H30N8O2/c1-21(2,3)16-6-7-17(30)29(23-16)13-10-27-8-11-28(12-9-27)20-22-18-15(14-25(4)24-18)19(31)26(20)5/h6-7,14H,8-13H2,1-5H3. The highest BCUT2D eigenvalue weighted by Gasteiger charge is 2.22. The zero-order valence-electron chi connectivity index (χ0n) is 18.9. The predicted molar refractivity (Wildman–Crippen MR) is 120 cm³/mol. The van der Waals surface area contributed by atoms with Crippen molar-refractivity contribution < 1.29 is 0 Å². The SMILES string of the molecule is Cn1cc2c(=O)n(C)c(N3CCN(CCn4nc(C(C)(C)C)ccc4=O)CC3)nc2n1. The molecule has 10 heteroatoms. The third kappa shape index (κ3) is 4.25. The molecular weight excluding hydrogens is 396 g/mol. The Morgan fingerprint density at radius 2 is 1.68 bits per heavy atom. The quantitative estimate of drug-likeness (QED) is 0.594. The molecule has 0 bridgehead atoms. The smallest absolute Gasteiger partial charge is 0.266 e. The zero-order chi connectivity index (χ0) is 22.3. The van der Waals surface area contributed by atoms with Crippen molar-refractivity contribution in [3.8, 4) is 0 Å². The molecule has 0 amide bonds. The molecule has 0 radical (unpaired) electrons. The van der Waals surface area contributed by atoms with Crippen LogP contribution >= 0.6 is 0 Å². The van der Waals surface area contributed by atoms with Gasteiger partial charge in [-0.1, -0.05) is 20.8 Å². The number of anilines is 1. The molecule has 166 valence electrons. The van der Waals surface area contributed by atoms with Gasteiger partial charge in [0, 0.05) is 64.5 Å². The number of piperazine rings is 1. The highest BCUT2D eigenvalue weighted by molar-refractivity contribution is 5.74. The van der Waals surface area contributed by atoms with E-state index < -0.39 is 0 Å². The molecule has 3 aromatic heterocycles. The van der Waals surface area contributed by atoms with Gasteiger partial charge < -0.3 is 4.90 Å². The largest absolute Gasteiger partial charge is 0.340 e. The normalized spacial score (nSPS) is 15.7. The molecule has 0 saturated carbocycles. The van der Waals surface area contributed by atoms with Gasteiger partial charge in [0.25, 0.3) is 11.1 Å². The monoisotopic (exact) mass is 426 g/mol. The fourth-order valence-corrected chi connectivity index (χ4v) is 3.85. The topological polar surface area (TPSA) is 94.1 Å². The van der Waals surface area contributed by atoms with Crippen molar-refractivity contribution in [3.05, 3.63) is 44.7 Å². The van der Waals surface area contributed by atoms with Gasteiger partial charge in [-0.3, -0.25) is 23.7 Å². The van der Waals surface area contributed by atoms with E-state index >= 15 is 0 Å². The van der Waals surface area contributed by atoms with Crippen LogP contribution in [0.15, 0.2) is 27.9 Å². The second-order valence-electron chi connectivity index (χ2n) is 9.17. The Balaban J connectivity index is 1.42. The molecule has 1 aliphatic heterocycles. The fourth-order valence-electron chi connectivity index (χ4n) is 3.85. The lowest BCUT2D eigenvalue weighted by Gasteiger charge is -2.35. The molecule has 1 fully saturated rings. The first-order valence-corrected chi connectivity index (χ1v) is 10.6. The Kier molecular flexibility index (Phi) is 5.42. The predicted octanol–water partition coefficient (Wildman–Crippen LogP) is 0.343. The molecule has 4 rings (SSSR count). The number of aromatic nitrogens is 6. The summed E-state index contributed by atoms with van der Waals surface area (Å²) >= 11 is 0. The Labute approximate surface area is 180 Å². The average molecular weight is 427 g/mol. The van der Waals surface area contributed by atoms with Crippen LogP contribution in [-0.2, 0) is 26.1 Å². The van der Waals surface area contributed by atoms with Crippen LogP contribution in [0.25, 0.3) is 11.0 Å². The van der Waals surface area contributed by atoms with Crippen LogP contribution in [0.2, 0.25) is 0 Å². The minimum Gasteiger partial charge on any atom is -0.340 e. The molecule has 3 aromatic rings. The summed E-state index contributed by atoms with van der Waals surface area (Å²) in [7, 11) is 3.54. The highest BCUT2D eigenvalue weighted by atomic mass is 16.1. The zero-order valence-corrected chi connectivity index (χ0v) is 18.9. The van der Waals surface area contributed by atoms with Crippen LogP contribution in [0.4, 0.5) is 5.95 Å². The minimum absolute atomic E-state index is 0.0745. The van der Waals surface area contributed by atoms with Crippen molar-refractivity contribution in [2.24, 2.45) is 14.1 Å². The Morgan fingerprint density at radius 1 is 0.968 bits per heavy atom. The molecule has 0 spiro atoms. The number of rotatable bonds is 4. The van der Waals surface area contributed by atoms with Gasteiger partial charge in [-0.05, 0) is 6.07 Å². The molecule has 1 saturated heterocycles. The summed E-state index contributed by atoms with van der Waals surface area (Å²) in [5.74, 6) is 0.645. The maximum absolute atomic E-state index is 12.7. The fraction of sp³-hybridized carbons (Fsp3) is 0.571. The number of fused-ring (bicyclic) bond motifs is 1. The van der Waals surface area contributed by atoms with Crippen LogP contribution in [0.1, 0.15) is 26.5 Å². The van der Waals surface area contributed by atoms with Crippen LogP contribution in [0.5, 0.6) is 0 Å². The van der Waals surface area contributed by atoms with E-state index in [1.165, 1.54) is 0 Å². The number of nitrogens with zero attached hydrogens (tertiary/aromatic N) is 8. The van der Waals surface area contributed by atoms with Crippen LogP contribution < -0.4 is 16.0 Å². The van der Waals surface area contributed by atoms with Crippen LogP contribution in [0, 0.1) is 0 Å². The summed E-state index contributed by atoms with van der Waals surface area (Å²) in [6, 6.07) is 3.42. The van der Waals surface area contributed by atoms with Gasteiger partial charge in [0.05, 0.1) is 12.2 Å². The van der Waals surface area contributed by atoms with Gasteiger partial charge in [-0.2, -0.15) is 15.2 Å². The second-order valence-corrected chi connectivity index (χ2v) is 9.17. The van der Waals surface area contributed by atoms with Crippen LogP contribution in [0.3, 0.4) is 0 Å². The first-order valence-electron chi connectivity index (χ1n) is 10.6. The van der Waals surface area contributed by atoms with Crippen molar-refractivity contribution in [1.82, 2.24) is 34.0 Å². The average Bonchev–Trinajstić information content (AvgIpc) is 3.10. The van der Waals surface area contributed by atoms with E-state index in [1.807, 2.05) is 6.07 Å². The molecule has 4 heterocycles. The first kappa shape index (κ1) is 21.2. The van der Waals surface area contributed by atoms with Gasteiger partial charge in [-0.25, -0.2) is 4.68 Å². The molecule has 0 atom stereocenters. The summed E-state index contributed by atoms with van der Waals surface area (Å²) < 4.78 is 4.78. The molecule has 1 aliphatic rings. The van der Waals surface area contributed by atoms with Crippen molar-refractivity contribution in [2.75, 3.05) is 37.6 Å². The van der Waals surface area contributed by atoms with Gasteiger partial charge in [0.15, 0.2) is 5.65 Å². The summed E-state index contributed by atoms with van der Waals surface area (Å²) in [5, 5.41) is 9.38. The van der Waals surface area contributed by atoms with E-state index in [-0.39, 0.29) is 16.5 Å². The Morgan fingerprint density at radius 3 is 2.35 bits per heavy atom. The van der Waals surface area contributed by atoms with Crippen molar-refractivity contribution >= 4 is 17.0 Å². The van der Waals surface area contributed by atoms with E-state index in [9.17, 15) is 9.59 Å². The highest BCUT2D eigenvalue weighted by Crippen LogP contribution is 2.18. The lowest BCUT2D eigenvalue weighted by atomic mass is 9.92. The Bertz CT molecular complexity index is 1210. The Hall–Kier alpha value is -3.01. The summed E-state index contributed by atoms with van der Waals surface area (Å²) in [6.45, 7) is 10.7.